The first-order valence-electron chi connectivity index (χ1n) is 6.99. The fourth-order valence-electron chi connectivity index (χ4n) is 3.90. The smallest absolute Gasteiger partial charge is 0.0702 e. The molecule has 0 spiro atoms. The number of pyridine rings is 1. The van der Waals surface area contributed by atoms with Gasteiger partial charge in [0.25, 0.3) is 0 Å². The van der Waals surface area contributed by atoms with E-state index < -0.39 is 0 Å². The third-order valence-electron chi connectivity index (χ3n) is 4.77. The van der Waals surface area contributed by atoms with Crippen LogP contribution < -0.4 is 0 Å². The Kier molecular flexibility index (Phi) is 2.21. The number of benzene rings is 1. The summed E-state index contributed by atoms with van der Waals surface area (Å²) in [6.07, 6.45) is 7.42. The van der Waals surface area contributed by atoms with Crippen LogP contribution in [0.5, 0.6) is 0 Å². The Morgan fingerprint density at radius 2 is 1.83 bits per heavy atom. The number of aromatic nitrogens is 1. The Morgan fingerprint density at radius 1 is 1.06 bits per heavy atom. The van der Waals surface area contributed by atoms with Crippen molar-refractivity contribution in [3.8, 4) is 0 Å². The second kappa shape index (κ2) is 3.79. The molecule has 0 saturated carbocycles. The van der Waals surface area contributed by atoms with Crippen LogP contribution >= 0.6 is 0 Å². The monoisotopic (exact) mass is 238 g/mol. The molecule has 2 nitrogen and oxygen atoms in total. The maximum absolute atomic E-state index is 4.65. The van der Waals surface area contributed by atoms with Gasteiger partial charge in [0, 0.05) is 17.1 Å². The molecule has 0 N–H and O–H groups in total. The van der Waals surface area contributed by atoms with Gasteiger partial charge in [0.05, 0.1) is 5.52 Å². The second-order valence-corrected chi connectivity index (χ2v) is 5.64. The zero-order valence-electron chi connectivity index (χ0n) is 10.6. The average molecular weight is 238 g/mol. The third kappa shape index (κ3) is 1.36. The van der Waals surface area contributed by atoms with Gasteiger partial charge < -0.3 is 0 Å². The van der Waals surface area contributed by atoms with E-state index in [1.54, 1.807) is 0 Å². The Bertz CT molecular complexity index is 580. The lowest BCUT2D eigenvalue weighted by Gasteiger charge is -2.32. The van der Waals surface area contributed by atoms with E-state index in [9.17, 15) is 0 Å². The van der Waals surface area contributed by atoms with Crippen molar-refractivity contribution in [2.45, 2.75) is 31.2 Å². The van der Waals surface area contributed by atoms with E-state index in [1.165, 1.54) is 49.7 Å². The lowest BCUT2D eigenvalue weighted by Crippen LogP contribution is -2.35. The summed E-state index contributed by atoms with van der Waals surface area (Å²) < 4.78 is 0. The van der Waals surface area contributed by atoms with Gasteiger partial charge in [-0.15, -0.1) is 0 Å². The standard InChI is InChI=1S/C16H18N2/c1-2-6-15-13(5-1)11-14(12-17-15)16-7-3-9-18(16)10-4-8-16/h1-2,5-6,11-12H,3-4,7-10H2. The van der Waals surface area contributed by atoms with Crippen LogP contribution in [0.3, 0.4) is 0 Å². The summed E-state index contributed by atoms with van der Waals surface area (Å²) in [5, 5.41) is 1.28. The first kappa shape index (κ1) is 10.5. The van der Waals surface area contributed by atoms with Gasteiger partial charge >= 0.3 is 0 Å². The zero-order valence-corrected chi connectivity index (χ0v) is 10.6. The van der Waals surface area contributed by atoms with Gasteiger partial charge in [-0.2, -0.15) is 0 Å². The molecule has 2 aliphatic heterocycles. The van der Waals surface area contributed by atoms with Gasteiger partial charge in [-0.25, -0.2) is 0 Å². The molecule has 0 bridgehead atoms. The predicted octanol–water partition coefficient (Wildman–Crippen LogP) is 3.32. The van der Waals surface area contributed by atoms with Crippen molar-refractivity contribution in [1.29, 1.82) is 0 Å². The molecule has 2 fully saturated rings. The molecule has 3 heterocycles. The van der Waals surface area contributed by atoms with E-state index in [0.717, 1.165) is 5.52 Å². The number of rotatable bonds is 1. The predicted molar refractivity (Wildman–Crippen MR) is 73.5 cm³/mol. The van der Waals surface area contributed by atoms with Crippen molar-refractivity contribution in [2.24, 2.45) is 0 Å². The normalized spacial score (nSPS) is 22.4. The van der Waals surface area contributed by atoms with Gasteiger partial charge in [0.1, 0.15) is 0 Å². The Morgan fingerprint density at radius 3 is 2.67 bits per heavy atom. The fourth-order valence-corrected chi connectivity index (χ4v) is 3.90. The summed E-state index contributed by atoms with van der Waals surface area (Å²) in [4.78, 5) is 7.33. The minimum atomic E-state index is 0.316. The van der Waals surface area contributed by atoms with Crippen LogP contribution in [0, 0.1) is 0 Å². The van der Waals surface area contributed by atoms with Crippen LogP contribution in [0.25, 0.3) is 10.9 Å². The van der Waals surface area contributed by atoms with Crippen LogP contribution in [0.15, 0.2) is 36.5 Å². The highest BCUT2D eigenvalue weighted by Gasteiger charge is 2.45. The van der Waals surface area contributed by atoms with Crippen LogP contribution in [0.1, 0.15) is 31.2 Å². The highest BCUT2D eigenvalue weighted by molar-refractivity contribution is 5.79. The topological polar surface area (TPSA) is 16.1 Å². The quantitative estimate of drug-likeness (QED) is 0.757. The van der Waals surface area contributed by atoms with E-state index in [2.05, 4.69) is 46.4 Å². The lowest BCUT2D eigenvalue weighted by atomic mass is 9.86. The van der Waals surface area contributed by atoms with Crippen molar-refractivity contribution in [3.05, 3.63) is 42.1 Å². The molecule has 2 saturated heterocycles. The van der Waals surface area contributed by atoms with E-state index >= 15 is 0 Å². The Hall–Kier alpha value is -1.41. The molecule has 2 aliphatic rings. The molecule has 18 heavy (non-hydrogen) atoms. The van der Waals surface area contributed by atoms with Crippen molar-refractivity contribution < 1.29 is 0 Å². The van der Waals surface area contributed by atoms with Crippen molar-refractivity contribution in [3.63, 3.8) is 0 Å². The molecule has 92 valence electrons. The van der Waals surface area contributed by atoms with E-state index in [4.69, 9.17) is 0 Å². The van der Waals surface area contributed by atoms with Crippen LogP contribution in [0.4, 0.5) is 0 Å². The highest BCUT2D eigenvalue weighted by Crippen LogP contribution is 2.46. The summed E-state index contributed by atoms with van der Waals surface area (Å²) >= 11 is 0. The molecule has 0 atom stereocenters. The minimum Gasteiger partial charge on any atom is -0.294 e. The first-order chi connectivity index (χ1) is 8.88. The summed E-state index contributed by atoms with van der Waals surface area (Å²) in [7, 11) is 0. The number of para-hydroxylation sites is 1. The van der Waals surface area contributed by atoms with Gasteiger partial charge in [0.2, 0.25) is 0 Å². The van der Waals surface area contributed by atoms with Gasteiger partial charge in [-0.05, 0) is 56.5 Å². The van der Waals surface area contributed by atoms with Crippen molar-refractivity contribution in [2.75, 3.05) is 13.1 Å². The maximum atomic E-state index is 4.65. The lowest BCUT2D eigenvalue weighted by molar-refractivity contribution is 0.197. The zero-order chi connectivity index (χ0) is 12.0. The Labute approximate surface area is 108 Å². The molecule has 2 heteroatoms. The second-order valence-electron chi connectivity index (χ2n) is 5.64. The molecular formula is C16H18N2. The summed E-state index contributed by atoms with van der Waals surface area (Å²) in [5.41, 5.74) is 2.87. The number of hydrogen-bond acceptors (Lipinski definition) is 2. The van der Waals surface area contributed by atoms with Gasteiger partial charge in [-0.1, -0.05) is 18.2 Å². The molecule has 0 unspecified atom stereocenters. The third-order valence-corrected chi connectivity index (χ3v) is 4.77. The SMILES string of the molecule is c1ccc2ncc(C34CCCN3CCC4)cc2c1. The van der Waals surface area contributed by atoms with Gasteiger partial charge in [0.15, 0.2) is 0 Å². The molecule has 1 aromatic heterocycles. The first-order valence-corrected chi connectivity index (χ1v) is 6.99. The fraction of sp³-hybridized carbons (Fsp3) is 0.438. The van der Waals surface area contributed by atoms with Crippen LogP contribution in [-0.4, -0.2) is 23.0 Å². The van der Waals surface area contributed by atoms with Crippen molar-refractivity contribution in [1.82, 2.24) is 9.88 Å². The van der Waals surface area contributed by atoms with Crippen molar-refractivity contribution >= 4 is 10.9 Å². The van der Waals surface area contributed by atoms with Crippen LogP contribution in [0.2, 0.25) is 0 Å². The Balaban J connectivity index is 1.87. The number of nitrogens with zero attached hydrogens (tertiary/aromatic N) is 2. The molecular weight excluding hydrogens is 220 g/mol. The maximum Gasteiger partial charge on any atom is 0.0702 e. The number of fused-ring (bicyclic) bond motifs is 2. The molecule has 2 aromatic rings. The highest BCUT2D eigenvalue weighted by atomic mass is 15.2. The summed E-state index contributed by atoms with van der Waals surface area (Å²) in [6, 6.07) is 10.8. The molecule has 0 aliphatic carbocycles. The minimum absolute atomic E-state index is 0.316. The number of hydrogen-bond donors (Lipinski definition) is 0. The molecule has 0 amide bonds. The molecule has 4 rings (SSSR count). The molecule has 1 aromatic carbocycles. The average Bonchev–Trinajstić information content (AvgIpc) is 2.98. The molecule has 0 radical (unpaired) electrons. The van der Waals surface area contributed by atoms with Crippen LogP contribution in [-0.2, 0) is 5.54 Å². The summed E-state index contributed by atoms with van der Waals surface area (Å²) in [6.45, 7) is 2.54. The van der Waals surface area contributed by atoms with Gasteiger partial charge in [-0.3, -0.25) is 9.88 Å². The van der Waals surface area contributed by atoms with E-state index in [-0.39, 0.29) is 0 Å². The summed E-state index contributed by atoms with van der Waals surface area (Å²) in [5.74, 6) is 0. The van der Waals surface area contributed by atoms with E-state index in [1.807, 2.05) is 0 Å². The largest absolute Gasteiger partial charge is 0.294 e. The van der Waals surface area contributed by atoms with E-state index in [0.29, 0.717) is 5.54 Å².